The van der Waals surface area contributed by atoms with Gasteiger partial charge in [-0.2, -0.15) is 0 Å². The monoisotopic (exact) mass is 378 g/mol. The minimum Gasteiger partial charge on any atom is -0.339 e. The lowest BCUT2D eigenvalue weighted by Crippen LogP contribution is -2.52. The van der Waals surface area contributed by atoms with Crippen LogP contribution in [-0.4, -0.2) is 65.2 Å². The van der Waals surface area contributed by atoms with E-state index in [4.69, 9.17) is 0 Å². The number of anilines is 1. The fourth-order valence-corrected chi connectivity index (χ4v) is 3.80. The second-order valence-electron chi connectivity index (χ2n) is 7.09. The molecular weight excluding hydrogens is 356 g/mol. The fourth-order valence-electron chi connectivity index (χ4n) is 3.80. The lowest BCUT2D eigenvalue weighted by atomic mass is 10.1. The molecule has 144 valence electrons. The molecule has 1 aromatic heterocycles. The molecule has 0 spiro atoms. The van der Waals surface area contributed by atoms with Gasteiger partial charge in [-0.15, -0.1) is 0 Å². The number of para-hydroxylation sites is 1. The minimum atomic E-state index is -0.324. The largest absolute Gasteiger partial charge is 0.339 e. The predicted molar refractivity (Wildman–Crippen MR) is 104 cm³/mol. The Kier molecular flexibility index (Phi) is 5.06. The number of piperazine rings is 1. The molecule has 4 rings (SSSR count). The zero-order valence-corrected chi connectivity index (χ0v) is 15.5. The highest BCUT2D eigenvalue weighted by Crippen LogP contribution is 2.26. The van der Waals surface area contributed by atoms with Crippen molar-refractivity contribution < 1.29 is 14.4 Å². The molecule has 0 bridgehead atoms. The van der Waals surface area contributed by atoms with Crippen LogP contribution in [0.4, 0.5) is 5.69 Å². The lowest BCUT2D eigenvalue weighted by Gasteiger charge is -2.36. The van der Waals surface area contributed by atoms with E-state index in [0.717, 1.165) is 5.69 Å². The van der Waals surface area contributed by atoms with E-state index in [0.29, 0.717) is 38.3 Å². The maximum atomic E-state index is 12.9. The molecule has 0 N–H and O–H groups in total. The molecule has 0 aliphatic carbocycles. The normalized spacial score (nSPS) is 19.8. The first-order valence-corrected chi connectivity index (χ1v) is 9.47. The molecule has 1 aromatic carbocycles. The topological polar surface area (TPSA) is 73.8 Å². The fraction of sp³-hybridized carbons (Fsp3) is 0.333. The summed E-state index contributed by atoms with van der Waals surface area (Å²) in [7, 11) is 0. The summed E-state index contributed by atoms with van der Waals surface area (Å²) in [6.45, 7) is 2.39. The summed E-state index contributed by atoms with van der Waals surface area (Å²) in [5, 5.41) is 0. The van der Waals surface area contributed by atoms with Gasteiger partial charge in [-0.3, -0.25) is 19.4 Å². The van der Waals surface area contributed by atoms with Gasteiger partial charge in [0.2, 0.25) is 11.8 Å². The molecule has 2 aliphatic heterocycles. The van der Waals surface area contributed by atoms with Crippen molar-refractivity contribution >= 4 is 23.4 Å². The summed E-state index contributed by atoms with van der Waals surface area (Å²) >= 11 is 0. The molecule has 2 fully saturated rings. The number of pyridine rings is 1. The van der Waals surface area contributed by atoms with Crippen LogP contribution in [-0.2, 0) is 9.59 Å². The third-order valence-corrected chi connectivity index (χ3v) is 5.35. The van der Waals surface area contributed by atoms with Crippen molar-refractivity contribution in [2.45, 2.75) is 6.42 Å². The van der Waals surface area contributed by atoms with Crippen LogP contribution in [0.3, 0.4) is 0 Å². The van der Waals surface area contributed by atoms with Crippen LogP contribution in [0.5, 0.6) is 0 Å². The van der Waals surface area contributed by atoms with E-state index in [-0.39, 0.29) is 30.1 Å². The summed E-state index contributed by atoms with van der Waals surface area (Å²) in [6, 6.07) is 12.8. The highest BCUT2D eigenvalue weighted by molar-refractivity contribution is 6.00. The van der Waals surface area contributed by atoms with Crippen molar-refractivity contribution in [1.29, 1.82) is 0 Å². The van der Waals surface area contributed by atoms with Crippen LogP contribution in [0.25, 0.3) is 0 Å². The van der Waals surface area contributed by atoms with Gasteiger partial charge in [0.25, 0.3) is 5.91 Å². The Balaban J connectivity index is 1.34. The van der Waals surface area contributed by atoms with Crippen molar-refractivity contribution in [2.75, 3.05) is 37.6 Å². The predicted octanol–water partition coefficient (Wildman–Crippen LogP) is 1.42. The molecule has 2 aromatic rings. The minimum absolute atomic E-state index is 0.00258. The van der Waals surface area contributed by atoms with E-state index in [2.05, 4.69) is 4.98 Å². The number of amides is 3. The van der Waals surface area contributed by atoms with Gasteiger partial charge in [0.1, 0.15) is 0 Å². The van der Waals surface area contributed by atoms with Crippen molar-refractivity contribution in [3.63, 3.8) is 0 Å². The van der Waals surface area contributed by atoms with E-state index in [9.17, 15) is 14.4 Å². The molecule has 2 saturated heterocycles. The van der Waals surface area contributed by atoms with Crippen molar-refractivity contribution in [2.24, 2.45) is 5.92 Å². The van der Waals surface area contributed by atoms with Crippen LogP contribution in [0, 0.1) is 5.92 Å². The van der Waals surface area contributed by atoms with Crippen molar-refractivity contribution in [3.8, 4) is 0 Å². The van der Waals surface area contributed by atoms with Gasteiger partial charge in [-0.25, -0.2) is 0 Å². The molecule has 3 heterocycles. The SMILES string of the molecule is O=C(c1ccncc1)N1CCN(C(=O)C2CC(=O)N(c3ccccc3)C2)CC1. The Hall–Kier alpha value is -3.22. The van der Waals surface area contributed by atoms with E-state index in [1.807, 2.05) is 30.3 Å². The first-order valence-electron chi connectivity index (χ1n) is 9.47. The third-order valence-electron chi connectivity index (χ3n) is 5.35. The van der Waals surface area contributed by atoms with Crippen LogP contribution in [0.1, 0.15) is 16.8 Å². The molecule has 2 aliphatic rings. The molecule has 3 amide bonds. The maximum Gasteiger partial charge on any atom is 0.254 e. The number of benzene rings is 1. The van der Waals surface area contributed by atoms with Gasteiger partial charge in [0.15, 0.2) is 0 Å². The first kappa shape index (κ1) is 18.2. The molecule has 7 nitrogen and oxygen atoms in total. The molecule has 1 unspecified atom stereocenters. The molecule has 28 heavy (non-hydrogen) atoms. The molecule has 0 saturated carbocycles. The first-order chi connectivity index (χ1) is 13.6. The maximum absolute atomic E-state index is 12.9. The summed E-state index contributed by atoms with van der Waals surface area (Å²) in [6.07, 6.45) is 3.44. The average Bonchev–Trinajstić information content (AvgIpc) is 3.15. The standard InChI is InChI=1S/C21H22N4O3/c26-19-14-17(15-25(19)18-4-2-1-3-5-18)21(28)24-12-10-23(11-13-24)20(27)16-6-8-22-9-7-16/h1-9,17H,10-15H2. The average molecular weight is 378 g/mol. The van der Waals surface area contributed by atoms with Crippen LogP contribution < -0.4 is 4.90 Å². The molecular formula is C21H22N4O3. The number of carbonyl (C=O) groups is 3. The van der Waals surface area contributed by atoms with Crippen molar-refractivity contribution in [1.82, 2.24) is 14.8 Å². The number of carbonyl (C=O) groups excluding carboxylic acids is 3. The zero-order chi connectivity index (χ0) is 19.5. The number of hydrogen-bond donors (Lipinski definition) is 0. The molecule has 7 heteroatoms. The van der Waals surface area contributed by atoms with Crippen LogP contribution in [0.15, 0.2) is 54.9 Å². The number of nitrogens with zero attached hydrogens (tertiary/aromatic N) is 4. The van der Waals surface area contributed by atoms with E-state index >= 15 is 0 Å². The van der Waals surface area contributed by atoms with Crippen molar-refractivity contribution in [3.05, 3.63) is 60.4 Å². The molecule has 0 radical (unpaired) electrons. The van der Waals surface area contributed by atoms with Gasteiger partial charge >= 0.3 is 0 Å². The Morgan fingerprint density at radius 1 is 0.893 bits per heavy atom. The Bertz CT molecular complexity index is 864. The second-order valence-corrected chi connectivity index (χ2v) is 7.09. The second kappa shape index (κ2) is 7.80. The smallest absolute Gasteiger partial charge is 0.254 e. The third kappa shape index (κ3) is 3.60. The number of rotatable bonds is 3. The van der Waals surface area contributed by atoms with Gasteiger partial charge in [0.05, 0.1) is 5.92 Å². The Morgan fingerprint density at radius 2 is 1.54 bits per heavy atom. The van der Waals surface area contributed by atoms with E-state index in [1.54, 1.807) is 39.2 Å². The summed E-state index contributed by atoms with van der Waals surface area (Å²) in [4.78, 5) is 46.9. The van der Waals surface area contributed by atoms with Gasteiger partial charge in [-0.05, 0) is 24.3 Å². The quantitative estimate of drug-likeness (QED) is 0.810. The van der Waals surface area contributed by atoms with Gasteiger partial charge in [0, 0.05) is 62.8 Å². The summed E-state index contributed by atoms with van der Waals surface area (Å²) in [5.41, 5.74) is 1.44. The van der Waals surface area contributed by atoms with Gasteiger partial charge < -0.3 is 14.7 Å². The number of hydrogen-bond acceptors (Lipinski definition) is 4. The highest BCUT2D eigenvalue weighted by atomic mass is 16.2. The van der Waals surface area contributed by atoms with Crippen LogP contribution in [0.2, 0.25) is 0 Å². The van der Waals surface area contributed by atoms with Crippen LogP contribution >= 0.6 is 0 Å². The summed E-state index contributed by atoms with van der Waals surface area (Å²) < 4.78 is 0. The lowest BCUT2D eigenvalue weighted by molar-refractivity contribution is -0.137. The number of aromatic nitrogens is 1. The van der Waals surface area contributed by atoms with E-state index in [1.165, 1.54) is 0 Å². The van der Waals surface area contributed by atoms with E-state index < -0.39 is 0 Å². The Morgan fingerprint density at radius 3 is 2.21 bits per heavy atom. The Labute approximate surface area is 163 Å². The molecule has 1 atom stereocenters. The zero-order valence-electron chi connectivity index (χ0n) is 15.5. The summed E-state index contributed by atoms with van der Waals surface area (Å²) in [5.74, 6) is -0.380. The highest BCUT2D eigenvalue weighted by Gasteiger charge is 2.38. The van der Waals surface area contributed by atoms with Gasteiger partial charge in [-0.1, -0.05) is 18.2 Å².